The first kappa shape index (κ1) is 20.1. The van der Waals surface area contributed by atoms with E-state index >= 15 is 0 Å². The molecule has 0 radical (unpaired) electrons. The maximum Gasteiger partial charge on any atom is 0.332 e. The second-order valence-electron chi connectivity index (χ2n) is 6.47. The molecular weight excluding hydrogens is 405 g/mol. The third-order valence-electron chi connectivity index (χ3n) is 4.59. The molecule has 0 spiro atoms. The zero-order chi connectivity index (χ0) is 22.1. The van der Waals surface area contributed by atoms with Crippen LogP contribution in [0.3, 0.4) is 0 Å². The van der Waals surface area contributed by atoms with Crippen LogP contribution in [0.25, 0.3) is 28.2 Å². The number of amides is 1. The summed E-state index contributed by atoms with van der Waals surface area (Å²) >= 11 is 0. The molecule has 0 saturated carbocycles. The van der Waals surface area contributed by atoms with Crippen LogP contribution in [0.5, 0.6) is 11.5 Å². The van der Waals surface area contributed by atoms with E-state index < -0.39 is 17.4 Å². The van der Waals surface area contributed by atoms with Gasteiger partial charge in [0, 0.05) is 5.56 Å². The van der Waals surface area contributed by atoms with Crippen LogP contribution in [0.4, 0.5) is 4.39 Å². The number of hydrogen-bond acceptors (Lipinski definition) is 6. The lowest BCUT2D eigenvalue weighted by atomic mass is 10.1. The highest BCUT2D eigenvalue weighted by Crippen LogP contribution is 2.32. The number of imidazole rings is 1. The van der Waals surface area contributed by atoms with E-state index in [9.17, 15) is 14.0 Å². The van der Waals surface area contributed by atoms with Crippen molar-refractivity contribution in [3.05, 3.63) is 64.5 Å². The number of aromatic nitrogens is 4. The van der Waals surface area contributed by atoms with Crippen molar-refractivity contribution in [1.29, 1.82) is 0 Å². The van der Waals surface area contributed by atoms with Gasteiger partial charge in [0.05, 0.1) is 19.4 Å². The molecule has 10 heteroatoms. The molecule has 2 heterocycles. The predicted molar refractivity (Wildman–Crippen MR) is 111 cm³/mol. The molecule has 2 aromatic carbocycles. The van der Waals surface area contributed by atoms with Crippen molar-refractivity contribution in [2.45, 2.75) is 6.92 Å². The smallest absolute Gasteiger partial charge is 0.332 e. The fourth-order valence-corrected chi connectivity index (χ4v) is 3.23. The van der Waals surface area contributed by atoms with E-state index in [1.54, 1.807) is 24.3 Å². The van der Waals surface area contributed by atoms with Crippen LogP contribution in [0.15, 0.2) is 47.3 Å². The second kappa shape index (κ2) is 7.90. The molecule has 3 N–H and O–H groups in total. The Morgan fingerprint density at radius 2 is 1.97 bits per heavy atom. The summed E-state index contributed by atoms with van der Waals surface area (Å²) < 4.78 is 26.3. The molecule has 9 nitrogen and oxygen atoms in total. The van der Waals surface area contributed by atoms with Crippen LogP contribution in [0.1, 0.15) is 17.4 Å². The first-order chi connectivity index (χ1) is 14.9. The van der Waals surface area contributed by atoms with Crippen molar-refractivity contribution in [3.63, 3.8) is 0 Å². The van der Waals surface area contributed by atoms with E-state index in [-0.39, 0.29) is 28.4 Å². The van der Waals surface area contributed by atoms with Crippen molar-refractivity contribution < 1.29 is 18.7 Å². The van der Waals surface area contributed by atoms with E-state index in [2.05, 4.69) is 15.0 Å². The average Bonchev–Trinajstić information content (AvgIpc) is 3.09. The molecule has 0 aliphatic carbocycles. The van der Waals surface area contributed by atoms with Crippen molar-refractivity contribution in [2.75, 3.05) is 13.7 Å². The molecular formula is C21H18FN5O4. The van der Waals surface area contributed by atoms with Gasteiger partial charge in [-0.1, -0.05) is 12.1 Å². The van der Waals surface area contributed by atoms with Gasteiger partial charge in [-0.3, -0.25) is 4.79 Å². The summed E-state index contributed by atoms with van der Waals surface area (Å²) in [5, 5.41) is 0. The Hall–Kier alpha value is -4.21. The van der Waals surface area contributed by atoms with E-state index in [0.29, 0.717) is 23.7 Å². The Kier molecular flexibility index (Phi) is 5.12. The predicted octanol–water partition coefficient (Wildman–Crippen LogP) is 2.42. The number of aromatic amines is 1. The van der Waals surface area contributed by atoms with Crippen LogP contribution in [0.2, 0.25) is 0 Å². The zero-order valence-corrected chi connectivity index (χ0v) is 16.7. The van der Waals surface area contributed by atoms with Crippen LogP contribution in [-0.2, 0) is 0 Å². The van der Waals surface area contributed by atoms with Gasteiger partial charge >= 0.3 is 5.69 Å². The molecule has 0 aliphatic rings. The fourth-order valence-electron chi connectivity index (χ4n) is 3.23. The number of rotatable bonds is 6. The Bertz CT molecular complexity index is 1360. The Balaban J connectivity index is 2.00. The number of methoxy groups -OCH3 is 1. The number of ether oxygens (including phenoxy) is 2. The average molecular weight is 423 g/mol. The second-order valence-corrected chi connectivity index (χ2v) is 6.47. The Morgan fingerprint density at radius 1 is 1.19 bits per heavy atom. The Labute approximate surface area is 175 Å². The molecule has 0 atom stereocenters. The molecule has 0 saturated heterocycles. The minimum absolute atomic E-state index is 0.0155. The zero-order valence-electron chi connectivity index (χ0n) is 16.7. The summed E-state index contributed by atoms with van der Waals surface area (Å²) in [4.78, 5) is 35.8. The summed E-state index contributed by atoms with van der Waals surface area (Å²) in [7, 11) is 1.49. The fraction of sp³-hybridized carbons (Fsp3) is 0.143. The number of H-pyrrole nitrogens is 1. The largest absolute Gasteiger partial charge is 0.493 e. The van der Waals surface area contributed by atoms with Gasteiger partial charge < -0.3 is 20.2 Å². The number of para-hydroxylation sites is 1. The van der Waals surface area contributed by atoms with E-state index in [1.165, 1.54) is 25.3 Å². The highest BCUT2D eigenvalue weighted by molar-refractivity contribution is 6.02. The van der Waals surface area contributed by atoms with Gasteiger partial charge in [-0.05, 0) is 37.3 Å². The highest BCUT2D eigenvalue weighted by Gasteiger charge is 2.22. The van der Waals surface area contributed by atoms with Gasteiger partial charge in [0.2, 0.25) is 0 Å². The summed E-state index contributed by atoms with van der Waals surface area (Å²) in [5.41, 5.74) is 5.11. The lowest BCUT2D eigenvalue weighted by Gasteiger charge is -2.11. The van der Waals surface area contributed by atoms with Gasteiger partial charge in [0.1, 0.15) is 11.3 Å². The van der Waals surface area contributed by atoms with Crippen molar-refractivity contribution in [3.8, 4) is 28.6 Å². The maximum absolute atomic E-state index is 14.4. The SMILES string of the molecule is CCOc1ccc(-c2nc(C(N)=O)c3[nH]c(=O)n(-c4ccccc4F)c3n2)cc1OC. The van der Waals surface area contributed by atoms with E-state index in [4.69, 9.17) is 15.2 Å². The lowest BCUT2D eigenvalue weighted by molar-refractivity contribution is 0.0997. The molecule has 4 aromatic rings. The van der Waals surface area contributed by atoms with E-state index in [0.717, 1.165) is 4.57 Å². The van der Waals surface area contributed by atoms with Crippen LogP contribution < -0.4 is 20.9 Å². The summed E-state index contributed by atoms with van der Waals surface area (Å²) in [6.45, 7) is 2.29. The molecule has 4 rings (SSSR count). The topological polar surface area (TPSA) is 125 Å². The third-order valence-corrected chi connectivity index (χ3v) is 4.59. The molecule has 0 fully saturated rings. The molecule has 0 bridgehead atoms. The highest BCUT2D eigenvalue weighted by atomic mass is 19.1. The molecule has 2 aromatic heterocycles. The van der Waals surface area contributed by atoms with Gasteiger partial charge in [-0.25, -0.2) is 23.7 Å². The monoisotopic (exact) mass is 423 g/mol. The molecule has 0 aliphatic heterocycles. The number of carbonyl (C=O) groups is 1. The van der Waals surface area contributed by atoms with Gasteiger partial charge in [-0.2, -0.15) is 0 Å². The standard InChI is InChI=1S/C21H18FN5O4/c1-3-31-14-9-8-11(10-15(14)30-2)19-24-16(18(23)28)17-20(26-19)27(21(29)25-17)13-7-5-4-6-12(13)22/h4-10H,3H2,1-2H3,(H2,23,28)(H,25,29). The number of halogens is 1. The quantitative estimate of drug-likeness (QED) is 0.491. The van der Waals surface area contributed by atoms with Crippen LogP contribution >= 0.6 is 0 Å². The van der Waals surface area contributed by atoms with E-state index in [1.807, 2.05) is 6.92 Å². The maximum atomic E-state index is 14.4. The summed E-state index contributed by atoms with van der Waals surface area (Å²) in [6, 6.07) is 10.7. The van der Waals surface area contributed by atoms with Crippen molar-refractivity contribution in [1.82, 2.24) is 19.5 Å². The molecule has 158 valence electrons. The van der Waals surface area contributed by atoms with Crippen LogP contribution in [0, 0.1) is 5.82 Å². The number of nitrogens with one attached hydrogen (secondary N) is 1. The third kappa shape index (κ3) is 3.48. The number of hydrogen-bond donors (Lipinski definition) is 2. The number of fused-ring (bicyclic) bond motifs is 1. The number of carbonyl (C=O) groups excluding carboxylic acids is 1. The number of benzene rings is 2. The lowest BCUT2D eigenvalue weighted by Crippen LogP contribution is -2.16. The number of nitrogens with zero attached hydrogens (tertiary/aromatic N) is 3. The van der Waals surface area contributed by atoms with Gasteiger partial charge in [0.25, 0.3) is 5.91 Å². The molecule has 1 amide bonds. The van der Waals surface area contributed by atoms with Gasteiger partial charge in [-0.15, -0.1) is 0 Å². The molecule has 0 unspecified atom stereocenters. The normalized spacial score (nSPS) is 10.9. The van der Waals surface area contributed by atoms with Crippen LogP contribution in [-0.4, -0.2) is 39.1 Å². The first-order valence-electron chi connectivity index (χ1n) is 9.33. The number of primary amides is 1. The van der Waals surface area contributed by atoms with Crippen molar-refractivity contribution in [2.24, 2.45) is 5.73 Å². The first-order valence-corrected chi connectivity index (χ1v) is 9.33. The van der Waals surface area contributed by atoms with Gasteiger partial charge in [0.15, 0.2) is 28.7 Å². The Morgan fingerprint density at radius 3 is 2.65 bits per heavy atom. The minimum atomic E-state index is -0.867. The molecule has 31 heavy (non-hydrogen) atoms. The minimum Gasteiger partial charge on any atom is -0.493 e. The number of nitrogens with two attached hydrogens (primary N) is 1. The summed E-state index contributed by atoms with van der Waals surface area (Å²) in [6.07, 6.45) is 0. The van der Waals surface area contributed by atoms with Crippen molar-refractivity contribution >= 4 is 17.1 Å². The summed E-state index contributed by atoms with van der Waals surface area (Å²) in [5.74, 6) is -0.437.